The molecule has 2 N–H and O–H groups in total. The van der Waals surface area contributed by atoms with Crippen molar-refractivity contribution in [2.75, 3.05) is 23.7 Å². The number of anilines is 2. The highest BCUT2D eigenvalue weighted by molar-refractivity contribution is 5.61. The van der Waals surface area contributed by atoms with Crippen LogP contribution in [0.2, 0.25) is 0 Å². The van der Waals surface area contributed by atoms with Gasteiger partial charge in [-0.15, -0.1) is 0 Å². The SMILES string of the molecule is O=[N+]([O-])c1ccccc1NCCCCCCNc1ccccc1[N+](=O)[O-]. The van der Waals surface area contributed by atoms with E-state index in [1.807, 2.05) is 0 Å². The summed E-state index contributed by atoms with van der Waals surface area (Å²) in [6.45, 7) is 1.34. The molecule has 2 aromatic carbocycles. The van der Waals surface area contributed by atoms with E-state index in [1.165, 1.54) is 12.1 Å². The maximum Gasteiger partial charge on any atom is 0.292 e. The zero-order valence-corrected chi connectivity index (χ0v) is 14.4. The summed E-state index contributed by atoms with van der Waals surface area (Å²) in [7, 11) is 0. The summed E-state index contributed by atoms with van der Waals surface area (Å²) < 4.78 is 0. The van der Waals surface area contributed by atoms with Crippen LogP contribution in [0.1, 0.15) is 25.7 Å². The second-order valence-electron chi connectivity index (χ2n) is 5.82. The number of unbranched alkanes of at least 4 members (excludes halogenated alkanes) is 3. The van der Waals surface area contributed by atoms with Crippen molar-refractivity contribution in [1.82, 2.24) is 0 Å². The van der Waals surface area contributed by atoms with Crippen molar-refractivity contribution in [3.05, 3.63) is 68.8 Å². The number of nitrogens with zero attached hydrogens (tertiary/aromatic N) is 2. The Morgan fingerprint density at radius 1 is 0.654 bits per heavy atom. The van der Waals surface area contributed by atoms with Crippen molar-refractivity contribution < 1.29 is 9.85 Å². The lowest BCUT2D eigenvalue weighted by atomic mass is 10.2. The molecule has 0 saturated heterocycles. The first kappa shape index (κ1) is 19.2. The molecule has 138 valence electrons. The fraction of sp³-hybridized carbons (Fsp3) is 0.333. The molecule has 0 aromatic heterocycles. The van der Waals surface area contributed by atoms with Gasteiger partial charge in [0.05, 0.1) is 9.85 Å². The van der Waals surface area contributed by atoms with Crippen molar-refractivity contribution in [3.63, 3.8) is 0 Å². The largest absolute Gasteiger partial charge is 0.379 e. The lowest BCUT2D eigenvalue weighted by Gasteiger charge is -2.08. The molecule has 0 fully saturated rings. The molecule has 0 heterocycles. The van der Waals surface area contributed by atoms with Crippen LogP contribution in [0.25, 0.3) is 0 Å². The second-order valence-corrected chi connectivity index (χ2v) is 5.82. The molecule has 0 spiro atoms. The molecule has 2 rings (SSSR count). The molecule has 2 aromatic rings. The maximum absolute atomic E-state index is 10.9. The van der Waals surface area contributed by atoms with Gasteiger partial charge in [0.15, 0.2) is 0 Å². The summed E-state index contributed by atoms with van der Waals surface area (Å²) in [5.41, 5.74) is 1.24. The maximum atomic E-state index is 10.9. The smallest absolute Gasteiger partial charge is 0.292 e. The number of nitro groups is 2. The second kappa shape index (κ2) is 9.97. The van der Waals surface area contributed by atoms with Gasteiger partial charge in [-0.1, -0.05) is 37.1 Å². The lowest BCUT2D eigenvalue weighted by Crippen LogP contribution is -2.06. The predicted octanol–water partition coefficient (Wildman–Crippen LogP) is 4.59. The Morgan fingerprint density at radius 3 is 1.42 bits per heavy atom. The topological polar surface area (TPSA) is 110 Å². The van der Waals surface area contributed by atoms with Crippen LogP contribution >= 0.6 is 0 Å². The van der Waals surface area contributed by atoms with Gasteiger partial charge in [0, 0.05) is 25.2 Å². The third-order valence-corrected chi connectivity index (χ3v) is 3.94. The van der Waals surface area contributed by atoms with Crippen LogP contribution in [-0.4, -0.2) is 22.9 Å². The average Bonchev–Trinajstić information content (AvgIpc) is 2.64. The minimum absolute atomic E-state index is 0.0844. The first-order valence-corrected chi connectivity index (χ1v) is 8.54. The minimum Gasteiger partial charge on any atom is -0.379 e. The van der Waals surface area contributed by atoms with Gasteiger partial charge in [-0.25, -0.2) is 0 Å². The molecular formula is C18H22N4O4. The van der Waals surface area contributed by atoms with Gasteiger partial charge in [-0.05, 0) is 25.0 Å². The summed E-state index contributed by atoms with van der Waals surface area (Å²) in [6, 6.07) is 13.2. The summed E-state index contributed by atoms with van der Waals surface area (Å²) in [4.78, 5) is 21.1. The van der Waals surface area contributed by atoms with Crippen molar-refractivity contribution >= 4 is 22.7 Å². The normalized spacial score (nSPS) is 10.3. The summed E-state index contributed by atoms with van der Waals surface area (Å²) >= 11 is 0. The quantitative estimate of drug-likeness (QED) is 0.345. The molecule has 0 unspecified atom stereocenters. The van der Waals surface area contributed by atoms with E-state index < -0.39 is 9.85 Å². The van der Waals surface area contributed by atoms with E-state index in [2.05, 4.69) is 10.6 Å². The first-order valence-electron chi connectivity index (χ1n) is 8.54. The molecule has 0 saturated carbocycles. The van der Waals surface area contributed by atoms with Gasteiger partial charge in [0.25, 0.3) is 11.4 Å². The zero-order valence-electron chi connectivity index (χ0n) is 14.4. The fourth-order valence-electron chi connectivity index (χ4n) is 2.61. The monoisotopic (exact) mass is 358 g/mol. The first-order chi connectivity index (χ1) is 12.6. The van der Waals surface area contributed by atoms with Crippen molar-refractivity contribution in [2.24, 2.45) is 0 Å². The van der Waals surface area contributed by atoms with Crippen LogP contribution in [0, 0.1) is 20.2 Å². The van der Waals surface area contributed by atoms with E-state index in [0.717, 1.165) is 25.7 Å². The molecule has 26 heavy (non-hydrogen) atoms. The predicted molar refractivity (Wildman–Crippen MR) is 102 cm³/mol. The van der Waals surface area contributed by atoms with Gasteiger partial charge in [0.1, 0.15) is 11.4 Å². The van der Waals surface area contributed by atoms with E-state index >= 15 is 0 Å². The Kier molecular flexibility index (Phi) is 7.35. The zero-order chi connectivity index (χ0) is 18.8. The molecule has 0 aliphatic heterocycles. The number of hydrogen-bond donors (Lipinski definition) is 2. The van der Waals surface area contributed by atoms with Crippen molar-refractivity contribution in [2.45, 2.75) is 25.7 Å². The van der Waals surface area contributed by atoms with E-state index in [9.17, 15) is 20.2 Å². The van der Waals surface area contributed by atoms with Crippen molar-refractivity contribution in [3.8, 4) is 0 Å². The summed E-state index contributed by atoms with van der Waals surface area (Å²) in [6.07, 6.45) is 3.76. The third kappa shape index (κ3) is 5.73. The number of rotatable bonds is 11. The van der Waals surface area contributed by atoms with E-state index in [-0.39, 0.29) is 11.4 Å². The Hall–Kier alpha value is -3.16. The third-order valence-electron chi connectivity index (χ3n) is 3.94. The van der Waals surface area contributed by atoms with Gasteiger partial charge in [-0.3, -0.25) is 20.2 Å². The highest BCUT2D eigenvalue weighted by Gasteiger charge is 2.12. The number of para-hydroxylation sites is 4. The molecule has 0 bridgehead atoms. The van der Waals surface area contributed by atoms with Crippen LogP contribution in [0.3, 0.4) is 0 Å². The summed E-state index contributed by atoms with van der Waals surface area (Å²) in [5, 5.41) is 28.1. The highest BCUT2D eigenvalue weighted by atomic mass is 16.6. The summed E-state index contributed by atoms with van der Waals surface area (Å²) in [5.74, 6) is 0. The van der Waals surface area contributed by atoms with Crippen LogP contribution in [0.5, 0.6) is 0 Å². The molecule has 0 aliphatic rings. The number of hydrogen-bond acceptors (Lipinski definition) is 6. The molecule has 0 aliphatic carbocycles. The average molecular weight is 358 g/mol. The molecule has 0 radical (unpaired) electrons. The Balaban J connectivity index is 1.62. The molecular weight excluding hydrogens is 336 g/mol. The highest BCUT2D eigenvalue weighted by Crippen LogP contribution is 2.24. The fourth-order valence-corrected chi connectivity index (χ4v) is 2.61. The molecule has 8 heteroatoms. The Morgan fingerprint density at radius 2 is 1.04 bits per heavy atom. The van der Waals surface area contributed by atoms with E-state index in [4.69, 9.17) is 0 Å². The van der Waals surface area contributed by atoms with Crippen molar-refractivity contribution in [1.29, 1.82) is 0 Å². The molecule has 8 nitrogen and oxygen atoms in total. The number of nitrogens with one attached hydrogen (secondary N) is 2. The standard InChI is InChI=1S/C18H22N4O4/c23-21(24)17-11-5-3-9-15(17)19-13-7-1-2-8-14-20-16-10-4-6-12-18(16)22(25)26/h3-6,9-12,19-20H,1-2,7-8,13-14H2. The Labute approximate surface area is 151 Å². The minimum atomic E-state index is -0.392. The van der Waals surface area contributed by atoms with Gasteiger partial charge >= 0.3 is 0 Å². The number of nitro benzene ring substituents is 2. The van der Waals surface area contributed by atoms with Crippen LogP contribution < -0.4 is 10.6 Å². The van der Waals surface area contributed by atoms with E-state index in [0.29, 0.717) is 24.5 Å². The molecule has 0 amide bonds. The van der Waals surface area contributed by atoms with Gasteiger partial charge < -0.3 is 10.6 Å². The lowest BCUT2D eigenvalue weighted by molar-refractivity contribution is -0.384. The van der Waals surface area contributed by atoms with Gasteiger partial charge in [0.2, 0.25) is 0 Å². The van der Waals surface area contributed by atoms with Crippen LogP contribution in [-0.2, 0) is 0 Å². The molecule has 0 atom stereocenters. The van der Waals surface area contributed by atoms with Crippen LogP contribution in [0.15, 0.2) is 48.5 Å². The Bertz CT molecular complexity index is 688. The van der Waals surface area contributed by atoms with Crippen LogP contribution in [0.4, 0.5) is 22.7 Å². The van der Waals surface area contributed by atoms with Gasteiger partial charge in [-0.2, -0.15) is 0 Å². The van der Waals surface area contributed by atoms with E-state index in [1.54, 1.807) is 36.4 Å². The number of benzene rings is 2.